The number of hydrogen-bond donors (Lipinski definition) is 1. The summed E-state index contributed by atoms with van der Waals surface area (Å²) in [5.74, 6) is -0.200. The van der Waals surface area contributed by atoms with Gasteiger partial charge in [-0.25, -0.2) is 4.79 Å². The van der Waals surface area contributed by atoms with E-state index in [0.717, 1.165) is 24.8 Å². The highest BCUT2D eigenvalue weighted by Gasteiger charge is 2.35. The lowest BCUT2D eigenvalue weighted by Crippen LogP contribution is -2.22. The van der Waals surface area contributed by atoms with Gasteiger partial charge in [-0.2, -0.15) is 0 Å². The lowest BCUT2D eigenvalue weighted by atomic mass is 9.81. The number of ether oxygens (including phenoxy) is 1. The van der Waals surface area contributed by atoms with E-state index in [9.17, 15) is 4.79 Å². The molecule has 0 bridgehead atoms. The fourth-order valence-electron chi connectivity index (χ4n) is 2.39. The Kier molecular flexibility index (Phi) is 3.93. The van der Waals surface area contributed by atoms with Gasteiger partial charge in [0.2, 0.25) is 0 Å². The van der Waals surface area contributed by atoms with Crippen molar-refractivity contribution in [1.82, 2.24) is 0 Å². The number of carbonyl (C=O) groups is 1. The molecule has 3 nitrogen and oxygen atoms in total. The van der Waals surface area contributed by atoms with Crippen LogP contribution in [0.3, 0.4) is 0 Å². The van der Waals surface area contributed by atoms with E-state index < -0.39 is 5.97 Å². The van der Waals surface area contributed by atoms with Crippen molar-refractivity contribution in [3.8, 4) is 5.75 Å². The predicted octanol–water partition coefficient (Wildman–Crippen LogP) is 3.78. The summed E-state index contributed by atoms with van der Waals surface area (Å²) in [5.41, 5.74) is 1.35. The number of carboxylic acid groups (broad SMARTS) is 1. The standard InChI is InChI=1S/C16H20O3/c1-3-4-5-6-9-16(2)11-19-14-10-12(15(17)18)7-8-13(14)16/h5-8,10H,3-4,9,11H2,1-2H3,(H,17,18). The molecule has 0 saturated heterocycles. The fourth-order valence-corrected chi connectivity index (χ4v) is 2.39. The molecule has 0 aliphatic carbocycles. The van der Waals surface area contributed by atoms with Crippen LogP contribution in [0.2, 0.25) is 0 Å². The molecule has 1 aromatic carbocycles. The lowest BCUT2D eigenvalue weighted by molar-refractivity contribution is 0.0696. The third-order valence-corrected chi connectivity index (χ3v) is 3.62. The van der Waals surface area contributed by atoms with E-state index in [1.807, 2.05) is 6.07 Å². The van der Waals surface area contributed by atoms with E-state index >= 15 is 0 Å². The molecule has 102 valence electrons. The summed E-state index contributed by atoms with van der Waals surface area (Å²) >= 11 is 0. The Morgan fingerprint density at radius 2 is 2.26 bits per heavy atom. The monoisotopic (exact) mass is 260 g/mol. The second kappa shape index (κ2) is 5.47. The minimum absolute atomic E-state index is 0.0450. The zero-order valence-corrected chi connectivity index (χ0v) is 11.5. The normalized spacial score (nSPS) is 21.4. The van der Waals surface area contributed by atoms with Gasteiger partial charge < -0.3 is 9.84 Å². The van der Waals surface area contributed by atoms with E-state index in [1.165, 1.54) is 0 Å². The number of hydrogen-bond acceptors (Lipinski definition) is 2. The molecule has 1 aliphatic heterocycles. The summed E-state index contributed by atoms with van der Waals surface area (Å²) in [6.07, 6.45) is 7.58. The van der Waals surface area contributed by atoms with Gasteiger partial charge in [0.15, 0.2) is 0 Å². The molecular formula is C16H20O3. The molecule has 1 aromatic rings. The molecule has 0 spiro atoms. The van der Waals surface area contributed by atoms with Crippen LogP contribution in [-0.4, -0.2) is 17.7 Å². The SMILES string of the molecule is CCCC=CCC1(C)COc2cc(C(=O)O)ccc21. The maximum atomic E-state index is 10.9. The number of allylic oxidation sites excluding steroid dienone is 2. The summed E-state index contributed by atoms with van der Waals surface area (Å²) in [5, 5.41) is 8.98. The first-order chi connectivity index (χ1) is 9.07. The smallest absolute Gasteiger partial charge is 0.335 e. The first-order valence-corrected chi connectivity index (χ1v) is 6.72. The number of aromatic carboxylic acids is 1. The molecule has 1 N–H and O–H groups in total. The highest BCUT2D eigenvalue weighted by Crippen LogP contribution is 2.41. The Labute approximate surface area is 113 Å². The van der Waals surface area contributed by atoms with Crippen LogP contribution in [0.25, 0.3) is 0 Å². The van der Waals surface area contributed by atoms with Gasteiger partial charge in [-0.15, -0.1) is 0 Å². The highest BCUT2D eigenvalue weighted by molar-refractivity contribution is 5.88. The second-order valence-electron chi connectivity index (χ2n) is 5.33. The van der Waals surface area contributed by atoms with E-state index in [4.69, 9.17) is 9.84 Å². The van der Waals surface area contributed by atoms with Gasteiger partial charge >= 0.3 is 5.97 Å². The molecule has 1 atom stereocenters. The van der Waals surface area contributed by atoms with Gasteiger partial charge in [0, 0.05) is 11.0 Å². The minimum atomic E-state index is -0.914. The first kappa shape index (κ1) is 13.7. The quantitative estimate of drug-likeness (QED) is 0.819. The highest BCUT2D eigenvalue weighted by atomic mass is 16.5. The van der Waals surface area contributed by atoms with Crippen molar-refractivity contribution in [1.29, 1.82) is 0 Å². The van der Waals surface area contributed by atoms with Crippen LogP contribution in [-0.2, 0) is 5.41 Å². The van der Waals surface area contributed by atoms with Gasteiger partial charge in [0.05, 0.1) is 12.2 Å². The van der Waals surface area contributed by atoms with Crippen LogP contribution >= 0.6 is 0 Å². The van der Waals surface area contributed by atoms with E-state index in [0.29, 0.717) is 12.4 Å². The average Bonchev–Trinajstić information content (AvgIpc) is 2.73. The lowest BCUT2D eigenvalue weighted by Gasteiger charge is -2.20. The molecule has 1 aliphatic rings. The van der Waals surface area contributed by atoms with E-state index in [-0.39, 0.29) is 11.0 Å². The molecule has 19 heavy (non-hydrogen) atoms. The van der Waals surface area contributed by atoms with Crippen LogP contribution in [0.15, 0.2) is 30.4 Å². The number of fused-ring (bicyclic) bond motifs is 1. The molecule has 1 heterocycles. The van der Waals surface area contributed by atoms with Crippen molar-refractivity contribution in [2.24, 2.45) is 0 Å². The van der Waals surface area contributed by atoms with E-state index in [2.05, 4.69) is 26.0 Å². The molecular weight excluding hydrogens is 240 g/mol. The zero-order chi connectivity index (χ0) is 13.9. The summed E-state index contributed by atoms with van der Waals surface area (Å²) in [7, 11) is 0. The molecule has 0 fully saturated rings. The topological polar surface area (TPSA) is 46.5 Å². The van der Waals surface area contributed by atoms with Gasteiger partial charge in [-0.1, -0.05) is 38.5 Å². The summed E-state index contributed by atoms with van der Waals surface area (Å²) in [6.45, 7) is 4.94. The van der Waals surface area contributed by atoms with Gasteiger partial charge in [0.1, 0.15) is 5.75 Å². The Morgan fingerprint density at radius 1 is 1.47 bits per heavy atom. The second-order valence-corrected chi connectivity index (χ2v) is 5.33. The van der Waals surface area contributed by atoms with Crippen molar-refractivity contribution < 1.29 is 14.6 Å². The Balaban J connectivity index is 2.19. The molecule has 0 saturated carbocycles. The molecule has 2 rings (SSSR count). The van der Waals surface area contributed by atoms with Crippen molar-refractivity contribution in [3.63, 3.8) is 0 Å². The number of benzene rings is 1. The summed E-state index contributed by atoms with van der Waals surface area (Å²) < 4.78 is 5.66. The number of carboxylic acids is 1. The van der Waals surface area contributed by atoms with Gasteiger partial charge in [-0.05, 0) is 25.0 Å². The molecule has 1 unspecified atom stereocenters. The minimum Gasteiger partial charge on any atom is -0.492 e. The van der Waals surface area contributed by atoms with Crippen LogP contribution < -0.4 is 4.74 Å². The van der Waals surface area contributed by atoms with Crippen molar-refractivity contribution in [2.75, 3.05) is 6.61 Å². The maximum Gasteiger partial charge on any atom is 0.335 e. The van der Waals surface area contributed by atoms with Gasteiger partial charge in [0.25, 0.3) is 0 Å². The summed E-state index contributed by atoms with van der Waals surface area (Å²) in [4.78, 5) is 10.9. The van der Waals surface area contributed by atoms with Crippen LogP contribution in [0.1, 0.15) is 49.0 Å². The van der Waals surface area contributed by atoms with Crippen LogP contribution in [0, 0.1) is 0 Å². The van der Waals surface area contributed by atoms with E-state index in [1.54, 1.807) is 12.1 Å². The molecule has 0 aromatic heterocycles. The molecule has 0 radical (unpaired) electrons. The third kappa shape index (κ3) is 2.80. The van der Waals surface area contributed by atoms with Crippen molar-refractivity contribution in [3.05, 3.63) is 41.5 Å². The van der Waals surface area contributed by atoms with Crippen LogP contribution in [0.4, 0.5) is 0 Å². The Hall–Kier alpha value is -1.77. The number of rotatable bonds is 5. The molecule has 3 heteroatoms. The molecule has 0 amide bonds. The van der Waals surface area contributed by atoms with Gasteiger partial charge in [-0.3, -0.25) is 0 Å². The zero-order valence-electron chi connectivity index (χ0n) is 11.5. The number of unbranched alkanes of at least 4 members (excludes halogenated alkanes) is 1. The first-order valence-electron chi connectivity index (χ1n) is 6.72. The Bertz CT molecular complexity index is 505. The average molecular weight is 260 g/mol. The van der Waals surface area contributed by atoms with Crippen molar-refractivity contribution in [2.45, 2.75) is 38.5 Å². The van der Waals surface area contributed by atoms with Crippen molar-refractivity contribution >= 4 is 5.97 Å². The van der Waals surface area contributed by atoms with Crippen LogP contribution in [0.5, 0.6) is 5.75 Å². The third-order valence-electron chi connectivity index (χ3n) is 3.62. The maximum absolute atomic E-state index is 10.9. The fraction of sp³-hybridized carbons (Fsp3) is 0.438. The predicted molar refractivity (Wildman–Crippen MR) is 74.9 cm³/mol. The largest absolute Gasteiger partial charge is 0.492 e. The summed E-state index contributed by atoms with van der Waals surface area (Å²) in [6, 6.07) is 5.17. The Morgan fingerprint density at radius 3 is 2.95 bits per heavy atom.